The zero-order chi connectivity index (χ0) is 11.2. The molecule has 0 spiro atoms. The van der Waals surface area contributed by atoms with Crippen molar-refractivity contribution in [3.05, 3.63) is 12.2 Å². The Kier molecular flexibility index (Phi) is 16.3. The van der Waals surface area contributed by atoms with Gasteiger partial charge in [0.1, 0.15) is 0 Å². The molecule has 0 aliphatic rings. The zero-order valence-corrected chi connectivity index (χ0v) is 8.90. The van der Waals surface area contributed by atoms with Crippen LogP contribution in [0, 0.1) is 0 Å². The van der Waals surface area contributed by atoms with E-state index in [9.17, 15) is 4.79 Å². The van der Waals surface area contributed by atoms with Gasteiger partial charge in [0.25, 0.3) is 0 Å². The molecule has 0 unspecified atom stereocenters. The lowest BCUT2D eigenvalue weighted by Crippen LogP contribution is -1.96. The number of carboxylic acids is 1. The van der Waals surface area contributed by atoms with Crippen LogP contribution in [0.5, 0.6) is 0 Å². The first-order chi connectivity index (χ1) is 6.68. The van der Waals surface area contributed by atoms with Gasteiger partial charge in [0.05, 0.1) is 13.2 Å². The molecular formula is C10H20O4. The summed E-state index contributed by atoms with van der Waals surface area (Å²) in [6, 6.07) is 0. The van der Waals surface area contributed by atoms with Gasteiger partial charge >= 0.3 is 5.97 Å². The van der Waals surface area contributed by atoms with Crippen molar-refractivity contribution in [3.63, 3.8) is 0 Å². The molecule has 0 radical (unpaired) electrons. The number of unbranched alkanes of at least 4 members (excludes halogenated alkanes) is 1. The Labute approximate surface area is 85.2 Å². The summed E-state index contributed by atoms with van der Waals surface area (Å²) in [6.07, 6.45) is 4.68. The SMILES string of the molecule is CCCC=CC(=O)O.CCOCCO. The standard InChI is InChI=1S/C6H10O2.C4H10O2/c1-2-3-4-5-6(7)8;1-2-6-4-3-5/h4-5H,2-3H2,1H3,(H,7,8);5H,2-4H2,1H3. The van der Waals surface area contributed by atoms with E-state index in [-0.39, 0.29) is 6.61 Å². The third-order valence-corrected chi connectivity index (χ3v) is 1.16. The molecule has 0 aromatic carbocycles. The summed E-state index contributed by atoms with van der Waals surface area (Å²) in [5, 5.41) is 16.1. The second kappa shape index (κ2) is 14.6. The summed E-state index contributed by atoms with van der Waals surface area (Å²) in [4.78, 5) is 9.79. The van der Waals surface area contributed by atoms with Crippen molar-refractivity contribution in [3.8, 4) is 0 Å². The highest BCUT2D eigenvalue weighted by Gasteiger charge is 1.81. The number of allylic oxidation sites excluding steroid dienone is 1. The van der Waals surface area contributed by atoms with Crippen LogP contribution in [0.3, 0.4) is 0 Å². The molecule has 4 heteroatoms. The van der Waals surface area contributed by atoms with Gasteiger partial charge in [-0.3, -0.25) is 0 Å². The van der Waals surface area contributed by atoms with E-state index in [1.54, 1.807) is 6.08 Å². The van der Waals surface area contributed by atoms with Gasteiger partial charge in [0.2, 0.25) is 0 Å². The van der Waals surface area contributed by atoms with Crippen molar-refractivity contribution in [1.29, 1.82) is 0 Å². The maximum atomic E-state index is 9.79. The topological polar surface area (TPSA) is 66.8 Å². The lowest BCUT2D eigenvalue weighted by molar-refractivity contribution is -0.131. The first-order valence-electron chi connectivity index (χ1n) is 4.77. The van der Waals surface area contributed by atoms with Gasteiger partial charge in [0.15, 0.2) is 0 Å². The van der Waals surface area contributed by atoms with Crippen molar-refractivity contribution < 1.29 is 19.7 Å². The fourth-order valence-electron chi connectivity index (χ4n) is 0.560. The van der Waals surface area contributed by atoms with Gasteiger partial charge in [0, 0.05) is 12.7 Å². The van der Waals surface area contributed by atoms with Crippen LogP contribution >= 0.6 is 0 Å². The Morgan fingerprint density at radius 2 is 2.07 bits per heavy atom. The summed E-state index contributed by atoms with van der Waals surface area (Å²) >= 11 is 0. The third kappa shape index (κ3) is 22.5. The Hall–Kier alpha value is -0.870. The van der Waals surface area contributed by atoms with Crippen molar-refractivity contribution in [2.24, 2.45) is 0 Å². The maximum absolute atomic E-state index is 9.79. The van der Waals surface area contributed by atoms with Gasteiger partial charge in [-0.15, -0.1) is 0 Å². The molecular weight excluding hydrogens is 184 g/mol. The Bertz CT molecular complexity index is 139. The Morgan fingerprint density at radius 1 is 1.43 bits per heavy atom. The molecule has 0 saturated carbocycles. The van der Waals surface area contributed by atoms with E-state index in [1.807, 2.05) is 13.8 Å². The number of hydrogen-bond donors (Lipinski definition) is 2. The van der Waals surface area contributed by atoms with Crippen molar-refractivity contribution in [2.75, 3.05) is 19.8 Å². The molecule has 0 rings (SSSR count). The van der Waals surface area contributed by atoms with E-state index in [2.05, 4.69) is 0 Å². The average molecular weight is 204 g/mol. The second-order valence-corrected chi connectivity index (χ2v) is 2.45. The van der Waals surface area contributed by atoms with Crippen molar-refractivity contribution in [2.45, 2.75) is 26.7 Å². The molecule has 0 aliphatic heterocycles. The molecule has 2 N–H and O–H groups in total. The first kappa shape index (κ1) is 15.6. The molecule has 0 amide bonds. The fraction of sp³-hybridized carbons (Fsp3) is 0.700. The van der Waals surface area contributed by atoms with E-state index >= 15 is 0 Å². The van der Waals surface area contributed by atoms with Crippen LogP contribution in [-0.2, 0) is 9.53 Å². The van der Waals surface area contributed by atoms with Crippen LogP contribution in [-0.4, -0.2) is 36.0 Å². The molecule has 0 aromatic heterocycles. The largest absolute Gasteiger partial charge is 0.478 e. The van der Waals surface area contributed by atoms with Crippen LogP contribution in [0.25, 0.3) is 0 Å². The summed E-state index contributed by atoms with van der Waals surface area (Å²) in [7, 11) is 0. The number of ether oxygens (including phenoxy) is 1. The van der Waals surface area contributed by atoms with E-state index in [0.717, 1.165) is 12.8 Å². The smallest absolute Gasteiger partial charge is 0.327 e. The molecule has 4 nitrogen and oxygen atoms in total. The number of hydrogen-bond acceptors (Lipinski definition) is 3. The predicted octanol–water partition coefficient (Wildman–Crippen LogP) is 1.44. The minimum atomic E-state index is -0.863. The molecule has 14 heavy (non-hydrogen) atoms. The molecule has 0 bridgehead atoms. The molecule has 0 fully saturated rings. The number of aliphatic carboxylic acids is 1. The summed E-state index contributed by atoms with van der Waals surface area (Å²) in [6.45, 7) is 5.20. The van der Waals surface area contributed by atoms with E-state index < -0.39 is 5.97 Å². The van der Waals surface area contributed by atoms with E-state index in [0.29, 0.717) is 13.2 Å². The van der Waals surface area contributed by atoms with E-state index in [4.69, 9.17) is 14.9 Å². The highest BCUT2D eigenvalue weighted by atomic mass is 16.5. The van der Waals surface area contributed by atoms with Crippen molar-refractivity contribution in [1.82, 2.24) is 0 Å². The summed E-state index contributed by atoms with van der Waals surface area (Å²) in [5.41, 5.74) is 0. The van der Waals surface area contributed by atoms with Gasteiger partial charge < -0.3 is 14.9 Å². The quantitative estimate of drug-likeness (QED) is 0.507. The second-order valence-electron chi connectivity index (χ2n) is 2.45. The fourth-order valence-corrected chi connectivity index (χ4v) is 0.560. The molecule has 0 heterocycles. The highest BCUT2D eigenvalue weighted by Crippen LogP contribution is 1.86. The number of aliphatic hydroxyl groups excluding tert-OH is 1. The predicted molar refractivity (Wildman–Crippen MR) is 55.3 cm³/mol. The first-order valence-corrected chi connectivity index (χ1v) is 4.77. The van der Waals surface area contributed by atoms with Crippen LogP contribution in [0.4, 0.5) is 0 Å². The van der Waals surface area contributed by atoms with Crippen LogP contribution in [0.1, 0.15) is 26.7 Å². The molecule has 0 aromatic rings. The van der Waals surface area contributed by atoms with Crippen LogP contribution in [0.2, 0.25) is 0 Å². The van der Waals surface area contributed by atoms with Crippen LogP contribution in [0.15, 0.2) is 12.2 Å². The minimum absolute atomic E-state index is 0.133. The monoisotopic (exact) mass is 204 g/mol. The zero-order valence-electron chi connectivity index (χ0n) is 8.90. The lowest BCUT2D eigenvalue weighted by atomic mass is 10.3. The van der Waals surface area contributed by atoms with Gasteiger partial charge in [-0.1, -0.05) is 19.4 Å². The highest BCUT2D eigenvalue weighted by molar-refractivity contribution is 5.79. The van der Waals surface area contributed by atoms with E-state index in [1.165, 1.54) is 6.08 Å². The molecule has 84 valence electrons. The normalized spacial score (nSPS) is 9.64. The Morgan fingerprint density at radius 3 is 2.36 bits per heavy atom. The number of carboxylic acid groups (broad SMARTS) is 1. The Balaban J connectivity index is 0. The van der Waals surface area contributed by atoms with Crippen molar-refractivity contribution >= 4 is 5.97 Å². The third-order valence-electron chi connectivity index (χ3n) is 1.16. The van der Waals surface area contributed by atoms with Crippen LogP contribution < -0.4 is 0 Å². The van der Waals surface area contributed by atoms with Gasteiger partial charge in [-0.25, -0.2) is 4.79 Å². The summed E-state index contributed by atoms with van der Waals surface area (Å²) < 4.78 is 4.73. The average Bonchev–Trinajstić information content (AvgIpc) is 2.16. The number of rotatable bonds is 6. The van der Waals surface area contributed by atoms with Gasteiger partial charge in [-0.05, 0) is 13.3 Å². The number of aliphatic hydroxyl groups is 1. The molecule has 0 aliphatic carbocycles. The lowest BCUT2D eigenvalue weighted by Gasteiger charge is -1.91. The summed E-state index contributed by atoms with van der Waals surface area (Å²) in [5.74, 6) is -0.863. The number of carbonyl (C=O) groups is 1. The molecule has 0 atom stereocenters. The minimum Gasteiger partial charge on any atom is -0.478 e. The molecule has 0 saturated heterocycles. The van der Waals surface area contributed by atoms with Gasteiger partial charge in [-0.2, -0.15) is 0 Å². The maximum Gasteiger partial charge on any atom is 0.327 e.